The molecule has 0 saturated heterocycles. The smallest absolute Gasteiger partial charge is 0.272 e. The zero-order valence-corrected chi connectivity index (χ0v) is 16.8. The van der Waals surface area contributed by atoms with Crippen LogP contribution in [0.25, 0.3) is 11.3 Å². The molecule has 2 aromatic carbocycles. The van der Waals surface area contributed by atoms with Crippen molar-refractivity contribution in [2.24, 2.45) is 0 Å². The third kappa shape index (κ3) is 3.95. The summed E-state index contributed by atoms with van der Waals surface area (Å²) in [5.74, 6) is -0.0122. The molecule has 0 bridgehead atoms. The molecular formula is C23H27N3O. The molecule has 4 nitrogen and oxygen atoms in total. The van der Waals surface area contributed by atoms with E-state index in [1.54, 1.807) is 9.58 Å². The monoisotopic (exact) mass is 361 g/mol. The molecule has 3 aromatic rings. The van der Waals surface area contributed by atoms with Crippen molar-refractivity contribution >= 4 is 5.91 Å². The number of hydrogen-bond acceptors (Lipinski definition) is 2. The topological polar surface area (TPSA) is 38.1 Å². The van der Waals surface area contributed by atoms with Gasteiger partial charge in [0.05, 0.1) is 5.69 Å². The summed E-state index contributed by atoms with van der Waals surface area (Å²) in [6.07, 6.45) is 0. The molecule has 4 heteroatoms. The first kappa shape index (κ1) is 18.9. The number of aryl methyl sites for hydroxylation is 4. The Morgan fingerprint density at radius 2 is 1.67 bits per heavy atom. The lowest BCUT2D eigenvalue weighted by Gasteiger charge is -2.17. The number of nitrogens with zero attached hydrogens (tertiary/aromatic N) is 3. The molecule has 0 unspecified atom stereocenters. The predicted molar refractivity (Wildman–Crippen MR) is 110 cm³/mol. The fourth-order valence-electron chi connectivity index (χ4n) is 3.66. The molecule has 0 radical (unpaired) electrons. The van der Waals surface area contributed by atoms with Crippen molar-refractivity contribution in [3.63, 3.8) is 0 Å². The van der Waals surface area contributed by atoms with E-state index in [1.165, 1.54) is 16.7 Å². The fourth-order valence-corrected chi connectivity index (χ4v) is 3.66. The van der Waals surface area contributed by atoms with Crippen molar-refractivity contribution in [2.75, 3.05) is 7.05 Å². The molecule has 27 heavy (non-hydrogen) atoms. The summed E-state index contributed by atoms with van der Waals surface area (Å²) in [5.41, 5.74) is 7.33. The summed E-state index contributed by atoms with van der Waals surface area (Å²) < 4.78 is 1.80. The normalized spacial score (nSPS) is 10.9. The molecule has 1 amide bonds. The molecule has 0 fully saturated rings. The van der Waals surface area contributed by atoms with E-state index in [0.717, 1.165) is 16.8 Å². The van der Waals surface area contributed by atoms with E-state index in [9.17, 15) is 4.79 Å². The lowest BCUT2D eigenvalue weighted by molar-refractivity contribution is 0.0773. The third-order valence-corrected chi connectivity index (χ3v) is 4.84. The van der Waals surface area contributed by atoms with Crippen LogP contribution in [-0.2, 0) is 13.1 Å². The molecule has 0 aliphatic heterocycles. The Morgan fingerprint density at radius 3 is 2.26 bits per heavy atom. The molecule has 140 valence electrons. The van der Waals surface area contributed by atoms with Crippen LogP contribution in [-0.4, -0.2) is 27.6 Å². The Kier molecular flexibility index (Phi) is 5.45. The molecule has 0 spiro atoms. The van der Waals surface area contributed by atoms with Gasteiger partial charge in [-0.3, -0.25) is 9.48 Å². The van der Waals surface area contributed by atoms with E-state index in [-0.39, 0.29) is 5.91 Å². The summed E-state index contributed by atoms with van der Waals surface area (Å²) in [5, 5.41) is 4.73. The Balaban J connectivity index is 1.94. The van der Waals surface area contributed by atoms with Crippen LogP contribution in [0.4, 0.5) is 0 Å². The largest absolute Gasteiger partial charge is 0.336 e. The van der Waals surface area contributed by atoms with Crippen LogP contribution in [0.15, 0.2) is 48.5 Å². The SMILES string of the molecule is CCn1nc(-c2c(C)cc(C)cc2C)cc1C(=O)N(C)Cc1ccccc1. The zero-order valence-electron chi connectivity index (χ0n) is 16.8. The molecule has 0 N–H and O–H groups in total. The van der Waals surface area contributed by atoms with Gasteiger partial charge in [-0.05, 0) is 50.5 Å². The van der Waals surface area contributed by atoms with E-state index in [4.69, 9.17) is 5.10 Å². The minimum atomic E-state index is -0.0122. The van der Waals surface area contributed by atoms with Gasteiger partial charge in [0, 0.05) is 25.7 Å². The lowest BCUT2D eigenvalue weighted by Crippen LogP contribution is -2.28. The predicted octanol–water partition coefficient (Wildman–Crippen LogP) is 4.77. The number of hydrogen-bond donors (Lipinski definition) is 0. The van der Waals surface area contributed by atoms with Gasteiger partial charge in [-0.15, -0.1) is 0 Å². The first-order valence-electron chi connectivity index (χ1n) is 9.36. The van der Waals surface area contributed by atoms with Crippen LogP contribution >= 0.6 is 0 Å². The van der Waals surface area contributed by atoms with E-state index >= 15 is 0 Å². The average Bonchev–Trinajstić information content (AvgIpc) is 3.04. The quantitative estimate of drug-likeness (QED) is 0.657. The van der Waals surface area contributed by atoms with Gasteiger partial charge in [-0.1, -0.05) is 48.0 Å². The second-order valence-corrected chi connectivity index (χ2v) is 7.15. The van der Waals surface area contributed by atoms with Crippen molar-refractivity contribution in [1.82, 2.24) is 14.7 Å². The maximum absolute atomic E-state index is 13.1. The van der Waals surface area contributed by atoms with Crippen LogP contribution in [0, 0.1) is 20.8 Å². The number of amides is 1. The molecular weight excluding hydrogens is 334 g/mol. The van der Waals surface area contributed by atoms with E-state index in [0.29, 0.717) is 18.8 Å². The van der Waals surface area contributed by atoms with Gasteiger partial charge in [-0.25, -0.2) is 0 Å². The van der Waals surface area contributed by atoms with Crippen molar-refractivity contribution in [3.05, 3.63) is 76.5 Å². The summed E-state index contributed by atoms with van der Waals surface area (Å²) >= 11 is 0. The molecule has 0 aliphatic rings. The number of rotatable bonds is 5. The average molecular weight is 361 g/mol. The number of carbonyl (C=O) groups is 1. The van der Waals surface area contributed by atoms with Crippen LogP contribution in [0.3, 0.4) is 0 Å². The number of aromatic nitrogens is 2. The first-order chi connectivity index (χ1) is 12.9. The van der Waals surface area contributed by atoms with Crippen molar-refractivity contribution in [2.45, 2.75) is 40.8 Å². The summed E-state index contributed by atoms with van der Waals surface area (Å²) in [6, 6.07) is 16.3. The molecule has 3 rings (SSSR count). The first-order valence-corrected chi connectivity index (χ1v) is 9.36. The lowest BCUT2D eigenvalue weighted by atomic mass is 9.97. The Morgan fingerprint density at radius 1 is 1.04 bits per heavy atom. The Labute approximate surface area is 161 Å². The van der Waals surface area contributed by atoms with Gasteiger partial charge < -0.3 is 4.90 Å². The van der Waals surface area contributed by atoms with Crippen LogP contribution in [0.1, 0.15) is 39.7 Å². The van der Waals surface area contributed by atoms with Crippen LogP contribution in [0.2, 0.25) is 0 Å². The standard InChI is InChI=1S/C23H27N3O/c1-6-26-21(23(27)25(5)15-19-10-8-7-9-11-19)14-20(24-26)22-17(3)12-16(2)13-18(22)4/h7-14H,6,15H2,1-5H3. The highest BCUT2D eigenvalue weighted by Gasteiger charge is 2.20. The molecule has 1 aromatic heterocycles. The molecule has 0 saturated carbocycles. The fraction of sp³-hybridized carbons (Fsp3) is 0.304. The summed E-state index contributed by atoms with van der Waals surface area (Å²) in [6.45, 7) is 9.55. The van der Waals surface area contributed by atoms with Crippen molar-refractivity contribution < 1.29 is 4.79 Å². The minimum Gasteiger partial charge on any atom is -0.336 e. The second kappa shape index (κ2) is 7.78. The van der Waals surface area contributed by atoms with E-state index in [1.807, 2.05) is 50.4 Å². The number of benzene rings is 2. The van der Waals surface area contributed by atoms with Crippen LogP contribution in [0.5, 0.6) is 0 Å². The Hall–Kier alpha value is -2.88. The summed E-state index contributed by atoms with van der Waals surface area (Å²) in [4.78, 5) is 14.8. The van der Waals surface area contributed by atoms with Gasteiger partial charge in [0.2, 0.25) is 0 Å². The van der Waals surface area contributed by atoms with Gasteiger partial charge in [0.1, 0.15) is 5.69 Å². The van der Waals surface area contributed by atoms with Gasteiger partial charge in [0.25, 0.3) is 5.91 Å². The minimum absolute atomic E-state index is 0.0122. The highest BCUT2D eigenvalue weighted by atomic mass is 16.2. The highest BCUT2D eigenvalue weighted by Crippen LogP contribution is 2.28. The highest BCUT2D eigenvalue weighted by molar-refractivity contribution is 5.93. The molecule has 0 atom stereocenters. The van der Waals surface area contributed by atoms with Crippen molar-refractivity contribution in [3.8, 4) is 11.3 Å². The van der Waals surface area contributed by atoms with Gasteiger partial charge in [0.15, 0.2) is 0 Å². The third-order valence-electron chi connectivity index (χ3n) is 4.84. The molecule has 0 aliphatic carbocycles. The zero-order chi connectivity index (χ0) is 19.6. The summed E-state index contributed by atoms with van der Waals surface area (Å²) in [7, 11) is 1.84. The van der Waals surface area contributed by atoms with Crippen LogP contribution < -0.4 is 0 Å². The second-order valence-electron chi connectivity index (χ2n) is 7.15. The Bertz CT molecular complexity index is 934. The van der Waals surface area contributed by atoms with E-state index < -0.39 is 0 Å². The number of carbonyl (C=O) groups excluding carboxylic acids is 1. The van der Waals surface area contributed by atoms with Gasteiger partial charge in [-0.2, -0.15) is 5.10 Å². The maximum atomic E-state index is 13.1. The maximum Gasteiger partial charge on any atom is 0.272 e. The molecule has 1 heterocycles. The van der Waals surface area contributed by atoms with E-state index in [2.05, 4.69) is 32.9 Å². The van der Waals surface area contributed by atoms with Crippen molar-refractivity contribution in [1.29, 1.82) is 0 Å². The van der Waals surface area contributed by atoms with Gasteiger partial charge >= 0.3 is 0 Å².